The number of aldehydes is 2. The van der Waals surface area contributed by atoms with Crippen molar-refractivity contribution in [3.8, 4) is 0 Å². The zero-order valence-electron chi connectivity index (χ0n) is 9.49. The van der Waals surface area contributed by atoms with Gasteiger partial charge in [-0.3, -0.25) is 30.3 Å². The Kier molecular flexibility index (Phi) is 4.15. The van der Waals surface area contributed by atoms with E-state index < -0.39 is 43.3 Å². The second-order valence-corrected chi connectivity index (χ2v) is 3.47. The molecule has 11 nitrogen and oxygen atoms in total. The highest BCUT2D eigenvalue weighted by atomic mass is 16.6. The fourth-order valence-corrected chi connectivity index (χ4v) is 1.53. The first-order chi connectivity index (χ1) is 9.33. The number of carbonyl (C=O) groups is 2. The average Bonchev–Trinajstić information content (AvgIpc) is 2.39. The van der Waals surface area contributed by atoms with Crippen LogP contribution in [0.1, 0.15) is 11.5 Å². The highest BCUT2D eigenvalue weighted by Crippen LogP contribution is 2.37. The van der Waals surface area contributed by atoms with Crippen molar-refractivity contribution in [2.45, 2.75) is 5.92 Å². The second kappa shape index (κ2) is 5.60. The van der Waals surface area contributed by atoms with Gasteiger partial charge >= 0.3 is 0 Å². The molecule has 1 rings (SSSR count). The zero-order chi connectivity index (χ0) is 15.4. The molecule has 0 aliphatic heterocycles. The minimum atomic E-state index is -1.75. The van der Waals surface area contributed by atoms with Crippen LogP contribution in [0.4, 0.5) is 17.1 Å². The molecule has 0 aliphatic carbocycles. The lowest BCUT2D eigenvalue weighted by molar-refractivity contribution is -0.404. The topological polar surface area (TPSA) is 164 Å². The van der Waals surface area contributed by atoms with Crippen LogP contribution in [-0.2, 0) is 9.59 Å². The van der Waals surface area contributed by atoms with Gasteiger partial charge in [0.2, 0.25) is 0 Å². The summed E-state index contributed by atoms with van der Waals surface area (Å²) >= 11 is 0. The Morgan fingerprint density at radius 2 is 1.25 bits per heavy atom. The summed E-state index contributed by atoms with van der Waals surface area (Å²) in [7, 11) is 0. The minimum absolute atomic E-state index is 0.0197. The Labute approximate surface area is 109 Å². The van der Waals surface area contributed by atoms with Crippen molar-refractivity contribution >= 4 is 29.6 Å². The Hall–Kier alpha value is -3.24. The van der Waals surface area contributed by atoms with Gasteiger partial charge in [-0.05, 0) is 0 Å². The fourth-order valence-electron chi connectivity index (χ4n) is 1.53. The fraction of sp³-hybridized carbons (Fsp3) is 0.111. The molecule has 0 fully saturated rings. The zero-order valence-corrected chi connectivity index (χ0v) is 9.49. The van der Waals surface area contributed by atoms with E-state index >= 15 is 0 Å². The van der Waals surface area contributed by atoms with E-state index in [0.717, 1.165) is 0 Å². The van der Waals surface area contributed by atoms with Crippen LogP contribution in [0.3, 0.4) is 0 Å². The second-order valence-electron chi connectivity index (χ2n) is 3.47. The van der Waals surface area contributed by atoms with E-state index in [4.69, 9.17) is 0 Å². The molecule has 0 amide bonds. The van der Waals surface area contributed by atoms with Crippen LogP contribution in [0.15, 0.2) is 12.1 Å². The summed E-state index contributed by atoms with van der Waals surface area (Å²) in [6.07, 6.45) is -0.0394. The van der Waals surface area contributed by atoms with E-state index in [9.17, 15) is 39.9 Å². The largest absolute Gasteiger partial charge is 0.302 e. The normalized spacial score (nSPS) is 10.1. The highest BCUT2D eigenvalue weighted by molar-refractivity contribution is 5.89. The number of hydrogen-bond donors (Lipinski definition) is 0. The third kappa shape index (κ3) is 2.60. The lowest BCUT2D eigenvalue weighted by Crippen LogP contribution is -2.10. The lowest BCUT2D eigenvalue weighted by atomic mass is 9.97. The van der Waals surface area contributed by atoms with Crippen LogP contribution in [-0.4, -0.2) is 27.3 Å². The number of non-ortho nitro benzene ring substituents is 1. The van der Waals surface area contributed by atoms with Gasteiger partial charge in [-0.1, -0.05) is 0 Å². The van der Waals surface area contributed by atoms with E-state index in [2.05, 4.69) is 0 Å². The lowest BCUT2D eigenvalue weighted by Gasteiger charge is -2.05. The Balaban J connectivity index is 3.81. The summed E-state index contributed by atoms with van der Waals surface area (Å²) < 4.78 is 0. The summed E-state index contributed by atoms with van der Waals surface area (Å²) in [6, 6.07) is 0.921. The molecular weight excluding hydrogens is 278 g/mol. The average molecular weight is 283 g/mol. The summed E-state index contributed by atoms with van der Waals surface area (Å²) in [5, 5.41) is 32.3. The first kappa shape index (κ1) is 14.8. The molecule has 0 aromatic heterocycles. The predicted octanol–water partition coefficient (Wildman–Crippen LogP) is 0.893. The van der Waals surface area contributed by atoms with Crippen LogP contribution in [0.25, 0.3) is 0 Å². The van der Waals surface area contributed by atoms with Crippen molar-refractivity contribution in [2.24, 2.45) is 0 Å². The monoisotopic (exact) mass is 283 g/mol. The van der Waals surface area contributed by atoms with Gasteiger partial charge in [0.1, 0.15) is 24.1 Å². The maximum Gasteiger partial charge on any atom is 0.287 e. The van der Waals surface area contributed by atoms with Crippen molar-refractivity contribution in [3.63, 3.8) is 0 Å². The third-order valence-corrected chi connectivity index (χ3v) is 2.35. The van der Waals surface area contributed by atoms with Crippen LogP contribution in [0, 0.1) is 30.3 Å². The van der Waals surface area contributed by atoms with Crippen LogP contribution in [0.5, 0.6) is 0 Å². The van der Waals surface area contributed by atoms with Gasteiger partial charge in [0, 0.05) is 0 Å². The first-order valence-electron chi connectivity index (χ1n) is 4.85. The Bertz CT molecular complexity index is 583. The van der Waals surface area contributed by atoms with Crippen LogP contribution < -0.4 is 0 Å². The third-order valence-electron chi connectivity index (χ3n) is 2.35. The molecule has 0 saturated heterocycles. The molecule has 0 saturated carbocycles. The molecule has 0 unspecified atom stereocenters. The minimum Gasteiger partial charge on any atom is -0.302 e. The molecule has 11 heteroatoms. The van der Waals surface area contributed by atoms with Gasteiger partial charge in [-0.2, -0.15) is 0 Å². The van der Waals surface area contributed by atoms with Gasteiger partial charge in [-0.25, -0.2) is 0 Å². The standard InChI is InChI=1S/C9H5N3O8/c13-3-5(4-14)9-7(11(17)18)1-6(10(15)16)2-8(9)12(19)20/h1-5H. The van der Waals surface area contributed by atoms with E-state index in [1.54, 1.807) is 0 Å². The van der Waals surface area contributed by atoms with Crippen LogP contribution >= 0.6 is 0 Å². The van der Waals surface area contributed by atoms with Gasteiger partial charge in [0.05, 0.1) is 26.9 Å². The Morgan fingerprint density at radius 1 is 0.850 bits per heavy atom. The molecular formula is C9H5N3O8. The molecule has 104 valence electrons. The summed E-state index contributed by atoms with van der Waals surface area (Å²) in [4.78, 5) is 50.3. The summed E-state index contributed by atoms with van der Waals surface area (Å²) in [6.45, 7) is 0. The molecule has 0 spiro atoms. The molecule has 0 atom stereocenters. The molecule has 0 N–H and O–H groups in total. The van der Waals surface area contributed by atoms with E-state index in [-0.39, 0.29) is 12.6 Å². The maximum atomic E-state index is 10.8. The SMILES string of the molecule is O=CC(C=O)c1c([N+](=O)[O-])cc([N+](=O)[O-])cc1[N+](=O)[O-]. The number of rotatable bonds is 6. The molecule has 1 aromatic rings. The van der Waals surface area contributed by atoms with Crippen molar-refractivity contribution < 1.29 is 24.4 Å². The van der Waals surface area contributed by atoms with Crippen molar-refractivity contribution in [2.75, 3.05) is 0 Å². The van der Waals surface area contributed by atoms with Gasteiger partial charge in [0.25, 0.3) is 17.1 Å². The number of nitro benzene ring substituents is 3. The first-order valence-corrected chi connectivity index (χ1v) is 4.85. The Morgan fingerprint density at radius 3 is 1.50 bits per heavy atom. The molecule has 20 heavy (non-hydrogen) atoms. The molecule has 0 radical (unpaired) electrons. The van der Waals surface area contributed by atoms with E-state index in [0.29, 0.717) is 12.1 Å². The quantitative estimate of drug-likeness (QED) is 0.321. The number of benzene rings is 1. The summed E-state index contributed by atoms with van der Waals surface area (Å²) in [5.74, 6) is -1.75. The van der Waals surface area contributed by atoms with E-state index in [1.807, 2.05) is 0 Å². The van der Waals surface area contributed by atoms with Gasteiger partial charge < -0.3 is 9.59 Å². The summed E-state index contributed by atoms with van der Waals surface area (Å²) in [5.41, 5.74) is -3.73. The maximum absolute atomic E-state index is 10.8. The molecule has 1 aromatic carbocycles. The number of hydrogen-bond acceptors (Lipinski definition) is 8. The number of nitro groups is 3. The molecule has 0 aliphatic rings. The van der Waals surface area contributed by atoms with Gasteiger partial charge in [0.15, 0.2) is 0 Å². The smallest absolute Gasteiger partial charge is 0.287 e. The number of carbonyl (C=O) groups excluding carboxylic acids is 2. The molecule has 0 heterocycles. The number of nitrogens with zero attached hydrogens (tertiary/aromatic N) is 3. The predicted molar refractivity (Wildman–Crippen MR) is 61.3 cm³/mol. The van der Waals surface area contributed by atoms with Crippen molar-refractivity contribution in [1.82, 2.24) is 0 Å². The molecule has 0 bridgehead atoms. The highest BCUT2D eigenvalue weighted by Gasteiger charge is 2.34. The van der Waals surface area contributed by atoms with Crippen LogP contribution in [0.2, 0.25) is 0 Å². The van der Waals surface area contributed by atoms with Crippen molar-refractivity contribution in [1.29, 1.82) is 0 Å². The van der Waals surface area contributed by atoms with Gasteiger partial charge in [-0.15, -0.1) is 0 Å². The van der Waals surface area contributed by atoms with Crippen molar-refractivity contribution in [3.05, 3.63) is 48.0 Å². The van der Waals surface area contributed by atoms with E-state index in [1.165, 1.54) is 0 Å².